The number of carbonyl (C=O) groups is 1. The number of carboxylic acids is 1. The zero-order valence-corrected chi connectivity index (χ0v) is 16.0. The highest BCUT2D eigenvalue weighted by atomic mass is 16.5. The van der Waals surface area contributed by atoms with Crippen molar-refractivity contribution in [3.8, 4) is 17.6 Å². The van der Waals surface area contributed by atoms with E-state index >= 15 is 0 Å². The van der Waals surface area contributed by atoms with Crippen molar-refractivity contribution in [3.63, 3.8) is 0 Å². The molecule has 140 valence electrons. The molecule has 1 unspecified atom stereocenters. The molecule has 1 aromatic carbocycles. The molecule has 1 atom stereocenters. The van der Waals surface area contributed by atoms with Gasteiger partial charge in [-0.2, -0.15) is 0 Å². The van der Waals surface area contributed by atoms with E-state index in [9.17, 15) is 9.90 Å². The molecule has 3 rings (SSSR count). The summed E-state index contributed by atoms with van der Waals surface area (Å²) in [5.41, 5.74) is 2.82. The Labute approximate surface area is 159 Å². The second-order valence-electron chi connectivity index (χ2n) is 7.45. The Bertz CT molecular complexity index is 892. The number of fused-ring (bicyclic) bond motifs is 1. The highest BCUT2D eigenvalue weighted by molar-refractivity contribution is 5.74. The van der Waals surface area contributed by atoms with E-state index in [4.69, 9.17) is 4.74 Å². The van der Waals surface area contributed by atoms with Gasteiger partial charge < -0.3 is 9.84 Å². The number of aromatic nitrogens is 2. The summed E-state index contributed by atoms with van der Waals surface area (Å²) in [6.07, 6.45) is 5.45. The standard InChI is InChI=1S/C22H24N2O3/c1-4-5-17(21(25)26)20-23-13-16(14-24-20)7-6-15-8-9-19-18(12-15)22(2,3)10-11-27-19/h8-9,12-14,17H,4-5,10-11H2,1-3H3,(H,25,26). The van der Waals surface area contributed by atoms with E-state index in [1.807, 2.05) is 19.1 Å². The largest absolute Gasteiger partial charge is 0.493 e. The number of aliphatic carboxylic acids is 1. The average Bonchev–Trinajstić information content (AvgIpc) is 2.65. The minimum Gasteiger partial charge on any atom is -0.493 e. The molecule has 0 saturated carbocycles. The fourth-order valence-electron chi connectivity index (χ4n) is 3.19. The molecule has 0 spiro atoms. The molecule has 0 saturated heterocycles. The fraction of sp³-hybridized carbons (Fsp3) is 0.409. The molecule has 0 bridgehead atoms. The third-order valence-electron chi connectivity index (χ3n) is 4.90. The number of hydrogen-bond donors (Lipinski definition) is 1. The van der Waals surface area contributed by atoms with Crippen LogP contribution >= 0.6 is 0 Å². The summed E-state index contributed by atoms with van der Waals surface area (Å²) >= 11 is 0. The zero-order chi connectivity index (χ0) is 19.4. The Morgan fingerprint density at radius 3 is 2.63 bits per heavy atom. The maximum Gasteiger partial charge on any atom is 0.314 e. The average molecular weight is 364 g/mol. The van der Waals surface area contributed by atoms with Crippen LogP contribution in [-0.2, 0) is 10.2 Å². The Morgan fingerprint density at radius 1 is 1.26 bits per heavy atom. The molecule has 27 heavy (non-hydrogen) atoms. The van der Waals surface area contributed by atoms with E-state index in [-0.39, 0.29) is 5.41 Å². The number of benzene rings is 1. The van der Waals surface area contributed by atoms with Gasteiger partial charge in [-0.15, -0.1) is 0 Å². The van der Waals surface area contributed by atoms with Gasteiger partial charge in [-0.05, 0) is 36.5 Å². The van der Waals surface area contributed by atoms with Gasteiger partial charge in [-0.1, -0.05) is 39.0 Å². The Morgan fingerprint density at radius 2 is 1.96 bits per heavy atom. The number of ether oxygens (including phenoxy) is 1. The molecule has 1 N–H and O–H groups in total. The molecule has 0 amide bonds. The van der Waals surface area contributed by atoms with Gasteiger partial charge in [0, 0.05) is 23.5 Å². The molecular formula is C22H24N2O3. The number of nitrogens with zero attached hydrogens (tertiary/aromatic N) is 2. The van der Waals surface area contributed by atoms with Crippen molar-refractivity contribution < 1.29 is 14.6 Å². The minimum absolute atomic E-state index is 0.0706. The Balaban J connectivity index is 1.81. The van der Waals surface area contributed by atoms with Crippen LogP contribution in [0.5, 0.6) is 5.75 Å². The smallest absolute Gasteiger partial charge is 0.314 e. The Kier molecular flexibility index (Phi) is 5.46. The van der Waals surface area contributed by atoms with Crippen molar-refractivity contribution in [1.82, 2.24) is 9.97 Å². The van der Waals surface area contributed by atoms with Gasteiger partial charge >= 0.3 is 5.97 Å². The first kappa shape index (κ1) is 18.9. The van der Waals surface area contributed by atoms with Crippen LogP contribution in [0.3, 0.4) is 0 Å². The van der Waals surface area contributed by atoms with E-state index in [0.717, 1.165) is 30.8 Å². The molecule has 5 heteroatoms. The summed E-state index contributed by atoms with van der Waals surface area (Å²) < 4.78 is 5.74. The van der Waals surface area contributed by atoms with Gasteiger partial charge in [0.2, 0.25) is 0 Å². The third kappa shape index (κ3) is 4.28. The van der Waals surface area contributed by atoms with Crippen LogP contribution in [0.25, 0.3) is 0 Å². The van der Waals surface area contributed by atoms with Crippen molar-refractivity contribution in [1.29, 1.82) is 0 Å². The van der Waals surface area contributed by atoms with Crippen molar-refractivity contribution in [2.45, 2.75) is 51.4 Å². The molecule has 0 aliphatic carbocycles. The first-order chi connectivity index (χ1) is 12.9. The first-order valence-corrected chi connectivity index (χ1v) is 9.25. The van der Waals surface area contributed by atoms with Crippen molar-refractivity contribution in [3.05, 3.63) is 53.1 Å². The summed E-state index contributed by atoms with van der Waals surface area (Å²) in [5.74, 6) is 5.91. The van der Waals surface area contributed by atoms with Gasteiger partial charge in [0.15, 0.2) is 0 Å². The van der Waals surface area contributed by atoms with Crippen molar-refractivity contribution in [2.75, 3.05) is 6.61 Å². The molecule has 0 radical (unpaired) electrons. The zero-order valence-electron chi connectivity index (χ0n) is 16.0. The molecule has 0 fully saturated rings. The highest BCUT2D eigenvalue weighted by Gasteiger charge is 2.28. The van der Waals surface area contributed by atoms with Gasteiger partial charge in [-0.25, -0.2) is 9.97 Å². The van der Waals surface area contributed by atoms with Gasteiger partial charge in [0.25, 0.3) is 0 Å². The molecule has 2 aromatic rings. The third-order valence-corrected chi connectivity index (χ3v) is 4.90. The molecule has 5 nitrogen and oxygen atoms in total. The summed E-state index contributed by atoms with van der Waals surface area (Å²) in [5, 5.41) is 9.30. The maximum absolute atomic E-state index is 11.3. The maximum atomic E-state index is 11.3. The lowest BCUT2D eigenvalue weighted by atomic mass is 9.79. The predicted octanol–water partition coefficient (Wildman–Crippen LogP) is 3.90. The molecule has 2 heterocycles. The monoisotopic (exact) mass is 364 g/mol. The summed E-state index contributed by atoms with van der Waals surface area (Å²) in [6, 6.07) is 6.00. The van der Waals surface area contributed by atoms with E-state index in [2.05, 4.69) is 41.7 Å². The van der Waals surface area contributed by atoms with Crippen molar-refractivity contribution in [2.24, 2.45) is 0 Å². The van der Waals surface area contributed by atoms with Gasteiger partial charge in [0.05, 0.1) is 12.2 Å². The number of carboxylic acid groups (broad SMARTS) is 1. The first-order valence-electron chi connectivity index (χ1n) is 9.25. The number of rotatable bonds is 4. The van der Waals surface area contributed by atoms with Gasteiger partial charge in [0.1, 0.15) is 17.5 Å². The van der Waals surface area contributed by atoms with Crippen molar-refractivity contribution >= 4 is 5.97 Å². The second-order valence-corrected chi connectivity index (χ2v) is 7.45. The topological polar surface area (TPSA) is 72.3 Å². The predicted molar refractivity (Wildman–Crippen MR) is 103 cm³/mol. The summed E-state index contributed by atoms with van der Waals surface area (Å²) in [6.45, 7) is 7.12. The van der Waals surface area contributed by atoms with Crippen LogP contribution in [0, 0.1) is 11.8 Å². The molecule has 1 aromatic heterocycles. The quantitative estimate of drug-likeness (QED) is 0.833. The highest BCUT2D eigenvalue weighted by Crippen LogP contribution is 2.38. The molecule has 1 aliphatic heterocycles. The molecule has 1 aliphatic rings. The SMILES string of the molecule is CCCC(C(=O)O)c1ncc(C#Cc2ccc3c(c2)C(C)(C)CCO3)cn1. The van der Waals surface area contributed by atoms with E-state index in [1.165, 1.54) is 5.56 Å². The van der Waals surface area contributed by atoms with Crippen LogP contribution in [0.4, 0.5) is 0 Å². The summed E-state index contributed by atoms with van der Waals surface area (Å²) in [4.78, 5) is 19.8. The van der Waals surface area contributed by atoms with Crippen LogP contribution < -0.4 is 4.74 Å². The van der Waals surface area contributed by atoms with Crippen LogP contribution in [0.1, 0.15) is 68.5 Å². The molecular weight excluding hydrogens is 340 g/mol. The number of hydrogen-bond acceptors (Lipinski definition) is 4. The minimum atomic E-state index is -0.894. The van der Waals surface area contributed by atoms with Crippen LogP contribution in [0.2, 0.25) is 0 Å². The van der Waals surface area contributed by atoms with E-state index < -0.39 is 11.9 Å². The van der Waals surface area contributed by atoms with Gasteiger partial charge in [-0.3, -0.25) is 4.79 Å². The van der Waals surface area contributed by atoms with E-state index in [1.54, 1.807) is 12.4 Å². The lowest BCUT2D eigenvalue weighted by Gasteiger charge is -2.32. The lowest BCUT2D eigenvalue weighted by Crippen LogP contribution is -2.26. The summed E-state index contributed by atoms with van der Waals surface area (Å²) in [7, 11) is 0. The van der Waals surface area contributed by atoms with Crippen LogP contribution in [0.15, 0.2) is 30.6 Å². The van der Waals surface area contributed by atoms with Crippen LogP contribution in [-0.4, -0.2) is 27.7 Å². The Hall–Kier alpha value is -2.87. The lowest BCUT2D eigenvalue weighted by molar-refractivity contribution is -0.139. The second kappa shape index (κ2) is 7.79. The normalized spacial score (nSPS) is 15.7. The van der Waals surface area contributed by atoms with E-state index in [0.29, 0.717) is 17.8 Å². The fourth-order valence-corrected chi connectivity index (χ4v) is 3.19.